The molecule has 0 spiro atoms. The number of rotatable bonds is 0. The molecule has 0 aromatic rings. The van der Waals surface area contributed by atoms with Crippen molar-refractivity contribution in [1.29, 1.82) is 0 Å². The first kappa shape index (κ1) is 162. The zero-order chi connectivity index (χ0) is 0. The quantitative estimate of drug-likeness (QED) is 0.558. The van der Waals surface area contributed by atoms with E-state index in [1.54, 1.807) is 0 Å². The fourth-order valence-corrected chi connectivity index (χ4v) is 0. The molecule has 0 heterocycles. The van der Waals surface area contributed by atoms with Gasteiger partial charge < -0.3 is 24.6 Å². The van der Waals surface area contributed by atoms with Gasteiger partial charge >= 0.3 is 120 Å². The normalized spacial score (nSPS) is 0. The molecule has 0 aliphatic rings. The maximum atomic E-state index is 0. The molecule has 4 nitrogen and oxygen atoms in total. The van der Waals surface area contributed by atoms with Crippen molar-refractivity contribution in [3.05, 3.63) is 24.6 Å². The summed E-state index contributed by atoms with van der Waals surface area (Å²) in [5.74, 6) is 0. The van der Waals surface area contributed by atoms with E-state index in [4.69, 9.17) is 0 Å². The van der Waals surface area contributed by atoms with Crippen LogP contribution < -0.4 is 0 Å². The maximum absolute atomic E-state index is 0. The molecule has 0 atom stereocenters. The summed E-state index contributed by atoms with van der Waals surface area (Å²) in [4.78, 5) is 0. The summed E-state index contributed by atoms with van der Waals surface area (Å²) in [5, 5.41) is 0. The van der Waals surface area contributed by atoms with E-state index in [1.807, 2.05) is 0 Å². The van der Waals surface area contributed by atoms with E-state index < -0.39 is 0 Å². The van der Waals surface area contributed by atoms with Crippen molar-refractivity contribution in [2.45, 2.75) is 0 Å². The molecule has 0 aromatic carbocycles. The van der Waals surface area contributed by atoms with Crippen LogP contribution in [0.5, 0.6) is 0 Å². The van der Waals surface area contributed by atoms with Crippen LogP contribution in [-0.4, -0.2) is 69.2 Å². The summed E-state index contributed by atoms with van der Waals surface area (Å²) in [5.41, 5.74) is 0. The van der Waals surface area contributed by atoms with Gasteiger partial charge in [0.25, 0.3) is 0 Å². The summed E-state index contributed by atoms with van der Waals surface area (Å²) < 4.78 is 0. The monoisotopic (exact) mass is 317 g/mol. The average Bonchev–Trinajstić information content (AvgIpc) is 0. The molecule has 0 amide bonds. The maximum Gasteiger partial charge on any atom is 2.00 e. The minimum Gasteiger partial charge on any atom is -3.00 e. The first-order valence-corrected chi connectivity index (χ1v) is 0. The second kappa shape index (κ2) is 127. The Hall–Kier alpha value is 3.70. The molecule has 3 radical (unpaired) electrons. The molecular formula is Cu3Mg3N4. The van der Waals surface area contributed by atoms with Crippen molar-refractivity contribution in [2.24, 2.45) is 0 Å². The molecular weight excluding hydrogens is 320 g/mol. The van der Waals surface area contributed by atoms with Crippen molar-refractivity contribution < 1.29 is 51.2 Å². The minimum absolute atomic E-state index is 0. The number of hydrogen-bond donors (Lipinski definition) is 0. The van der Waals surface area contributed by atoms with Crippen LogP contribution in [0.1, 0.15) is 0 Å². The van der Waals surface area contributed by atoms with Gasteiger partial charge in [-0.25, -0.2) is 0 Å². The summed E-state index contributed by atoms with van der Waals surface area (Å²) in [6.07, 6.45) is 0. The van der Waals surface area contributed by atoms with Crippen LogP contribution in [-0.2, 0) is 51.2 Å². The van der Waals surface area contributed by atoms with Gasteiger partial charge in [-0.2, -0.15) is 0 Å². The van der Waals surface area contributed by atoms with E-state index >= 15 is 0 Å². The largest absolute Gasteiger partial charge is 3.00 e. The van der Waals surface area contributed by atoms with Gasteiger partial charge in [-0.3, -0.25) is 0 Å². The first-order chi connectivity index (χ1) is 0. The van der Waals surface area contributed by atoms with E-state index in [-0.39, 0.29) is 145 Å². The van der Waals surface area contributed by atoms with E-state index in [0.717, 1.165) is 0 Å². The van der Waals surface area contributed by atoms with Crippen molar-refractivity contribution in [3.63, 3.8) is 0 Å². The fourth-order valence-electron chi connectivity index (χ4n) is 0. The van der Waals surface area contributed by atoms with Crippen molar-refractivity contribution in [2.75, 3.05) is 0 Å². The Kier molecular flexibility index (Phi) is 2050. The van der Waals surface area contributed by atoms with Gasteiger partial charge in [0.2, 0.25) is 0 Å². The number of hydrogen-bond acceptors (Lipinski definition) is 0. The Labute approximate surface area is 143 Å². The van der Waals surface area contributed by atoms with E-state index in [2.05, 4.69) is 0 Å². The van der Waals surface area contributed by atoms with Crippen LogP contribution in [0, 0.1) is 0 Å². The molecule has 0 unspecified atom stereocenters. The third kappa shape index (κ3) is 97.9. The molecule has 10 heavy (non-hydrogen) atoms. The smallest absolute Gasteiger partial charge is 2.00 e. The standard InChI is InChI=1S/3Cu.3Mg.4N/q6*+2;4*-3. The van der Waals surface area contributed by atoms with Crippen molar-refractivity contribution >= 4 is 69.2 Å². The van der Waals surface area contributed by atoms with Gasteiger partial charge in [0.05, 0.1) is 0 Å². The summed E-state index contributed by atoms with van der Waals surface area (Å²) in [6.45, 7) is 0. The molecule has 0 aliphatic carbocycles. The minimum atomic E-state index is 0. The Balaban J connectivity index is 0. The molecule has 0 rings (SSSR count). The van der Waals surface area contributed by atoms with E-state index in [1.165, 1.54) is 0 Å². The Morgan fingerprint density at radius 2 is 0.300 bits per heavy atom. The third-order valence-electron chi connectivity index (χ3n) is 0. The van der Waals surface area contributed by atoms with Gasteiger partial charge in [0.15, 0.2) is 0 Å². The molecule has 0 aromatic heterocycles. The van der Waals surface area contributed by atoms with Gasteiger partial charge in [-0.05, 0) is 0 Å². The topological polar surface area (TPSA) is 122 Å². The summed E-state index contributed by atoms with van der Waals surface area (Å²) >= 11 is 0. The molecule has 10 heteroatoms. The zero-order valence-corrected chi connectivity index (χ0v) is 11.9. The predicted molar refractivity (Wildman–Crippen MR) is 30.7 cm³/mol. The molecule has 0 saturated carbocycles. The molecule has 0 N–H and O–H groups in total. The van der Waals surface area contributed by atoms with Gasteiger partial charge in [0.1, 0.15) is 0 Å². The summed E-state index contributed by atoms with van der Waals surface area (Å²) in [7, 11) is 0. The van der Waals surface area contributed by atoms with E-state index in [0.29, 0.717) is 0 Å². The Bertz CT molecular complexity index is 15.7. The fraction of sp³-hybridized carbons (Fsp3) is 0. The average molecular weight is 320 g/mol. The SMILES string of the molecule is [Cu+2].[Cu+2].[Cu+2].[Mg+2].[Mg+2].[Mg+2].[N-3].[N-3].[N-3].[N-3]. The van der Waals surface area contributed by atoms with Crippen LogP contribution in [0.25, 0.3) is 24.6 Å². The van der Waals surface area contributed by atoms with Crippen LogP contribution in [0.4, 0.5) is 0 Å². The van der Waals surface area contributed by atoms with Crippen LogP contribution in [0.2, 0.25) is 0 Å². The number of nitrogens with zero attached hydrogens (tertiary/aromatic N) is 4. The second-order valence-corrected chi connectivity index (χ2v) is 0. The summed E-state index contributed by atoms with van der Waals surface area (Å²) in [6, 6.07) is 0. The zero-order valence-electron chi connectivity index (χ0n) is 4.81. The Morgan fingerprint density at radius 1 is 0.300 bits per heavy atom. The van der Waals surface area contributed by atoms with Crippen LogP contribution >= 0.6 is 0 Å². The van der Waals surface area contributed by atoms with E-state index in [9.17, 15) is 0 Å². The molecule has 0 saturated heterocycles. The molecule has 59 valence electrons. The molecule has 0 fully saturated rings. The van der Waals surface area contributed by atoms with Gasteiger partial charge in [-0.1, -0.05) is 0 Å². The third-order valence-corrected chi connectivity index (χ3v) is 0. The molecule has 0 bridgehead atoms. The Morgan fingerprint density at radius 3 is 0.300 bits per heavy atom. The first-order valence-electron chi connectivity index (χ1n) is 0. The second-order valence-electron chi connectivity index (χ2n) is 0. The molecule has 0 aliphatic heterocycles. The van der Waals surface area contributed by atoms with Crippen molar-refractivity contribution in [3.8, 4) is 0 Å². The van der Waals surface area contributed by atoms with Crippen LogP contribution in [0.15, 0.2) is 0 Å². The van der Waals surface area contributed by atoms with Gasteiger partial charge in [-0.15, -0.1) is 0 Å². The predicted octanol–water partition coefficient (Wildman–Crippen LogP) is 0.00490. The van der Waals surface area contributed by atoms with Crippen molar-refractivity contribution in [1.82, 2.24) is 0 Å². The van der Waals surface area contributed by atoms with Crippen LogP contribution in [0.3, 0.4) is 0 Å². The van der Waals surface area contributed by atoms with Gasteiger partial charge in [0, 0.05) is 0 Å².